The predicted molar refractivity (Wildman–Crippen MR) is 203 cm³/mol. The number of hydrogen-bond donors (Lipinski definition) is 0. The van der Waals surface area contributed by atoms with E-state index in [2.05, 4.69) is 101 Å². The smallest absolute Gasteiger partial charge is 0.0602 e. The summed E-state index contributed by atoms with van der Waals surface area (Å²) in [5.41, 5.74) is 9.73. The van der Waals surface area contributed by atoms with E-state index >= 15 is 0 Å². The number of nitrogens with zero attached hydrogens (tertiary/aromatic N) is 4. The molecule has 1 saturated carbocycles. The van der Waals surface area contributed by atoms with Crippen LogP contribution in [0.2, 0.25) is 0 Å². The number of imidazole rings is 2. The van der Waals surface area contributed by atoms with Gasteiger partial charge < -0.3 is 9.13 Å². The summed E-state index contributed by atoms with van der Waals surface area (Å²) in [4.78, 5) is 9.05. The third-order valence-electron chi connectivity index (χ3n) is 10.0. The van der Waals surface area contributed by atoms with E-state index in [1.54, 1.807) is 0 Å². The predicted octanol–water partition coefficient (Wildman–Crippen LogP) is 11.8. The van der Waals surface area contributed by atoms with Crippen LogP contribution in [0, 0.1) is 38.8 Å². The van der Waals surface area contributed by atoms with E-state index in [9.17, 15) is 0 Å². The first-order chi connectivity index (χ1) is 24.0. The minimum absolute atomic E-state index is 0. The molecule has 261 valence electrons. The number of rotatable bonds is 10. The summed E-state index contributed by atoms with van der Waals surface area (Å²) < 4.78 is 4.30. The normalized spacial score (nSPS) is 15.5. The maximum atomic E-state index is 4.55. The Balaban J connectivity index is 0.000000203. The van der Waals surface area contributed by atoms with Crippen LogP contribution in [-0.4, -0.2) is 19.1 Å². The van der Waals surface area contributed by atoms with Crippen LogP contribution in [0.5, 0.6) is 0 Å². The molecule has 5 heteroatoms. The summed E-state index contributed by atoms with van der Waals surface area (Å²) in [5, 5.41) is 0. The molecule has 6 aromatic rings. The van der Waals surface area contributed by atoms with Gasteiger partial charge >= 0.3 is 0 Å². The summed E-state index contributed by atoms with van der Waals surface area (Å²) in [6.45, 7) is 8.72. The summed E-state index contributed by atoms with van der Waals surface area (Å²) in [6, 6.07) is 36.1. The summed E-state index contributed by atoms with van der Waals surface area (Å²) in [6.07, 6.45) is 20.3. The van der Waals surface area contributed by atoms with E-state index in [-0.39, 0.29) is 20.1 Å². The van der Waals surface area contributed by atoms with Crippen LogP contribution in [0.15, 0.2) is 110 Å². The Morgan fingerprint density at radius 2 is 1.26 bits per heavy atom. The van der Waals surface area contributed by atoms with Crippen molar-refractivity contribution in [3.05, 3.63) is 144 Å². The largest absolute Gasteiger partial charge is 0.340 e. The third kappa shape index (κ3) is 9.18. The molecule has 0 N–H and O–H groups in total. The number of unbranched alkanes of at least 4 members (excludes halogenated alkanes) is 3. The van der Waals surface area contributed by atoms with Gasteiger partial charge in [0.05, 0.1) is 11.6 Å². The Labute approximate surface area is 313 Å². The zero-order valence-corrected chi connectivity index (χ0v) is 32.4. The van der Waals surface area contributed by atoms with Gasteiger partial charge in [-0.3, -0.25) is 9.97 Å². The molecule has 1 aliphatic rings. The topological polar surface area (TPSA) is 35.6 Å². The quantitative estimate of drug-likeness (QED) is 0.102. The monoisotopic (exact) mass is 839 g/mol. The summed E-state index contributed by atoms with van der Waals surface area (Å²) >= 11 is 0. The van der Waals surface area contributed by atoms with E-state index in [1.165, 1.54) is 91.4 Å². The molecule has 4 aromatic carbocycles. The van der Waals surface area contributed by atoms with Crippen LogP contribution < -0.4 is 0 Å². The standard InChI is InChI=1S/C27H33N2.C18H17N2.Ir/c1-2-3-4-6-9-22-12-14-23(15-13-22)24-16-18-26(19-17-24)29-21-20-28-27(29)25-10-7-5-8-11-25;1-13-11-14(2)17(15(3)12-13)20-10-9-19-18(20)16-7-5-4-6-8-16;/h5,7-8,10,16-23H,2-4,6,9,12-15H2,1H3;4-7,9-12H,1-3H3;/q2*-1;. The van der Waals surface area contributed by atoms with Crippen molar-refractivity contribution in [3.8, 4) is 34.2 Å². The van der Waals surface area contributed by atoms with E-state index in [0.717, 1.165) is 34.6 Å². The second-order valence-electron chi connectivity index (χ2n) is 13.7. The first-order valence-corrected chi connectivity index (χ1v) is 18.2. The molecule has 0 amide bonds. The average molecular weight is 839 g/mol. The van der Waals surface area contributed by atoms with Crippen LogP contribution in [0.3, 0.4) is 0 Å². The van der Waals surface area contributed by atoms with Crippen molar-refractivity contribution >= 4 is 0 Å². The zero-order chi connectivity index (χ0) is 34.0. The van der Waals surface area contributed by atoms with Gasteiger partial charge in [0.1, 0.15) is 0 Å². The molecule has 0 unspecified atom stereocenters. The molecule has 4 nitrogen and oxygen atoms in total. The molecule has 0 atom stereocenters. The molecular weight excluding hydrogens is 789 g/mol. The fourth-order valence-corrected chi connectivity index (χ4v) is 7.56. The van der Waals surface area contributed by atoms with Crippen LogP contribution in [-0.2, 0) is 20.1 Å². The molecule has 50 heavy (non-hydrogen) atoms. The average Bonchev–Trinajstić information content (AvgIpc) is 3.82. The van der Waals surface area contributed by atoms with Crippen LogP contribution in [0.4, 0.5) is 0 Å². The molecule has 1 fully saturated rings. The van der Waals surface area contributed by atoms with Crippen molar-refractivity contribution in [2.24, 2.45) is 5.92 Å². The van der Waals surface area contributed by atoms with Gasteiger partial charge in [0.15, 0.2) is 0 Å². The summed E-state index contributed by atoms with van der Waals surface area (Å²) in [5.74, 6) is 3.58. The molecule has 0 spiro atoms. The third-order valence-corrected chi connectivity index (χ3v) is 10.0. The number of benzene rings is 4. The molecule has 2 heterocycles. The van der Waals surface area contributed by atoms with Crippen LogP contribution in [0.1, 0.15) is 92.9 Å². The maximum absolute atomic E-state index is 4.55. The van der Waals surface area contributed by atoms with Gasteiger partial charge in [0.25, 0.3) is 0 Å². The minimum atomic E-state index is 0. The van der Waals surface area contributed by atoms with Gasteiger partial charge in [-0.05, 0) is 87.1 Å². The van der Waals surface area contributed by atoms with Crippen LogP contribution >= 0.6 is 0 Å². The van der Waals surface area contributed by atoms with Gasteiger partial charge in [-0.1, -0.05) is 68.9 Å². The first-order valence-electron chi connectivity index (χ1n) is 18.2. The molecular formula is C45H50IrN4-2. The maximum Gasteiger partial charge on any atom is 0.0602 e. The second kappa shape index (κ2) is 18.3. The van der Waals surface area contributed by atoms with Crippen molar-refractivity contribution < 1.29 is 20.1 Å². The number of aryl methyl sites for hydroxylation is 3. The Bertz CT molecular complexity index is 1860. The van der Waals surface area contributed by atoms with Crippen molar-refractivity contribution in [1.82, 2.24) is 19.1 Å². The molecule has 7 rings (SSSR count). The molecule has 1 aliphatic carbocycles. The van der Waals surface area contributed by atoms with E-state index in [4.69, 9.17) is 0 Å². The van der Waals surface area contributed by atoms with Crippen molar-refractivity contribution in [2.45, 2.75) is 91.4 Å². The molecule has 0 bridgehead atoms. The number of aromatic nitrogens is 4. The second-order valence-corrected chi connectivity index (χ2v) is 13.7. The molecule has 2 aromatic heterocycles. The molecule has 0 saturated heterocycles. The van der Waals surface area contributed by atoms with Crippen molar-refractivity contribution in [1.29, 1.82) is 0 Å². The van der Waals surface area contributed by atoms with Gasteiger partial charge in [0.2, 0.25) is 0 Å². The first kappa shape index (κ1) is 37.2. The fraction of sp³-hybridized carbons (Fsp3) is 0.333. The minimum Gasteiger partial charge on any atom is -0.340 e. The van der Waals surface area contributed by atoms with Crippen molar-refractivity contribution in [2.75, 3.05) is 0 Å². The fourth-order valence-electron chi connectivity index (χ4n) is 7.56. The Hall–Kier alpha value is -4.05. The van der Waals surface area contributed by atoms with Gasteiger partial charge in [-0.2, -0.15) is 0 Å². The molecule has 0 aliphatic heterocycles. The SMILES string of the molecule is CCCCCCC1CCC(c2ccc(-n3ccnc3-c3[c-]cccc3)cc2)CC1.Cc1cc(C)c(-n2ccnc2-c2[c-]cccc2)c(C)c1.[Ir]. The summed E-state index contributed by atoms with van der Waals surface area (Å²) in [7, 11) is 0. The Morgan fingerprint density at radius 3 is 1.82 bits per heavy atom. The van der Waals surface area contributed by atoms with E-state index < -0.39 is 0 Å². The Kier molecular flexibility index (Phi) is 13.6. The zero-order valence-electron chi connectivity index (χ0n) is 30.0. The van der Waals surface area contributed by atoms with Gasteiger partial charge in [-0.25, -0.2) is 0 Å². The van der Waals surface area contributed by atoms with Crippen molar-refractivity contribution in [3.63, 3.8) is 0 Å². The van der Waals surface area contributed by atoms with Gasteiger partial charge in [-0.15, -0.1) is 71.8 Å². The van der Waals surface area contributed by atoms with Crippen LogP contribution in [0.25, 0.3) is 34.2 Å². The van der Waals surface area contributed by atoms with Gasteiger partial charge in [0, 0.05) is 56.3 Å². The van der Waals surface area contributed by atoms with E-state index in [0.29, 0.717) is 0 Å². The van der Waals surface area contributed by atoms with E-state index in [1.807, 2.05) is 67.3 Å². The molecule has 1 radical (unpaired) electrons. The Morgan fingerprint density at radius 1 is 0.680 bits per heavy atom. The number of hydrogen-bond acceptors (Lipinski definition) is 2.